The van der Waals surface area contributed by atoms with Crippen molar-refractivity contribution >= 4 is 5.91 Å². The van der Waals surface area contributed by atoms with Gasteiger partial charge in [0, 0.05) is 38.1 Å². The summed E-state index contributed by atoms with van der Waals surface area (Å²) in [6, 6.07) is 4.19. The van der Waals surface area contributed by atoms with E-state index in [0.717, 1.165) is 12.1 Å². The number of carbonyl (C=O) groups is 1. The summed E-state index contributed by atoms with van der Waals surface area (Å²) in [6.45, 7) is 4.27. The number of carbonyl (C=O) groups excluding carboxylic acids is 1. The number of piperazine rings is 1. The molecule has 1 aromatic rings. The molecule has 1 fully saturated rings. The normalized spacial score (nSPS) is 24.9. The lowest BCUT2D eigenvalue weighted by Crippen LogP contribution is -2.61. The predicted octanol–water partition coefficient (Wildman–Crippen LogP) is -0.0101. The van der Waals surface area contributed by atoms with Gasteiger partial charge < -0.3 is 10.6 Å². The van der Waals surface area contributed by atoms with E-state index in [-0.39, 0.29) is 11.9 Å². The second-order valence-electron chi connectivity index (χ2n) is 4.70. The molecule has 0 saturated carbocycles. The van der Waals surface area contributed by atoms with Crippen LogP contribution in [0.4, 0.5) is 0 Å². The molecule has 0 radical (unpaired) electrons. The molecular formula is C13H20N4O. The van der Waals surface area contributed by atoms with Gasteiger partial charge in [0.1, 0.15) is 6.04 Å². The molecule has 1 amide bonds. The van der Waals surface area contributed by atoms with Gasteiger partial charge in [0.15, 0.2) is 0 Å². The standard InChI is InChI=1S/C13H20N4O/c1-10-6-16-13(18)12(8-14-2)17(10)9-11-4-3-5-15-7-11/h3-5,7,10,12,14H,6,8-9H2,1-2H3,(H,16,18). The van der Waals surface area contributed by atoms with Gasteiger partial charge in [0.25, 0.3) is 0 Å². The molecule has 1 aromatic heterocycles. The zero-order chi connectivity index (χ0) is 13.0. The maximum Gasteiger partial charge on any atom is 0.238 e. The van der Waals surface area contributed by atoms with Crippen LogP contribution in [-0.4, -0.2) is 48.0 Å². The molecule has 2 heterocycles. The van der Waals surface area contributed by atoms with Gasteiger partial charge in [-0.1, -0.05) is 6.07 Å². The Morgan fingerprint density at radius 2 is 2.44 bits per heavy atom. The fraction of sp³-hybridized carbons (Fsp3) is 0.538. The van der Waals surface area contributed by atoms with E-state index in [0.29, 0.717) is 19.1 Å². The third-order valence-electron chi connectivity index (χ3n) is 3.33. The highest BCUT2D eigenvalue weighted by Gasteiger charge is 2.33. The third kappa shape index (κ3) is 2.86. The summed E-state index contributed by atoms with van der Waals surface area (Å²) in [6.07, 6.45) is 3.62. The van der Waals surface area contributed by atoms with E-state index in [4.69, 9.17) is 0 Å². The summed E-state index contributed by atoms with van der Waals surface area (Å²) in [5, 5.41) is 6.03. The number of amides is 1. The fourth-order valence-electron chi connectivity index (χ4n) is 2.31. The second-order valence-corrected chi connectivity index (χ2v) is 4.70. The number of hydrogen-bond donors (Lipinski definition) is 2. The van der Waals surface area contributed by atoms with Crippen molar-refractivity contribution in [1.29, 1.82) is 0 Å². The van der Waals surface area contributed by atoms with E-state index in [1.807, 2.05) is 25.4 Å². The maximum atomic E-state index is 11.9. The molecular weight excluding hydrogens is 228 g/mol. The molecule has 18 heavy (non-hydrogen) atoms. The molecule has 0 aliphatic carbocycles. The van der Waals surface area contributed by atoms with Crippen molar-refractivity contribution in [3.05, 3.63) is 30.1 Å². The van der Waals surface area contributed by atoms with Crippen molar-refractivity contribution in [3.63, 3.8) is 0 Å². The highest BCUT2D eigenvalue weighted by molar-refractivity contribution is 5.82. The van der Waals surface area contributed by atoms with Crippen LogP contribution in [0.3, 0.4) is 0 Å². The number of rotatable bonds is 4. The molecule has 0 spiro atoms. The largest absolute Gasteiger partial charge is 0.353 e. The van der Waals surface area contributed by atoms with Crippen molar-refractivity contribution < 1.29 is 4.79 Å². The lowest BCUT2D eigenvalue weighted by Gasteiger charge is -2.39. The topological polar surface area (TPSA) is 57.3 Å². The number of pyridine rings is 1. The van der Waals surface area contributed by atoms with Crippen LogP contribution in [0.5, 0.6) is 0 Å². The minimum atomic E-state index is -0.112. The smallest absolute Gasteiger partial charge is 0.238 e. The molecule has 1 saturated heterocycles. The van der Waals surface area contributed by atoms with Crippen molar-refractivity contribution in [2.75, 3.05) is 20.1 Å². The molecule has 98 valence electrons. The monoisotopic (exact) mass is 248 g/mol. The quantitative estimate of drug-likeness (QED) is 0.787. The molecule has 1 aliphatic heterocycles. The summed E-state index contributed by atoms with van der Waals surface area (Å²) in [5.74, 6) is 0.103. The minimum Gasteiger partial charge on any atom is -0.353 e. The van der Waals surface area contributed by atoms with Gasteiger partial charge in [0.05, 0.1) is 0 Å². The fourth-order valence-corrected chi connectivity index (χ4v) is 2.31. The van der Waals surface area contributed by atoms with E-state index >= 15 is 0 Å². The van der Waals surface area contributed by atoms with Crippen LogP contribution in [0.2, 0.25) is 0 Å². The lowest BCUT2D eigenvalue weighted by molar-refractivity contribution is -0.131. The first kappa shape index (κ1) is 13.0. The van der Waals surface area contributed by atoms with E-state index < -0.39 is 0 Å². The molecule has 5 nitrogen and oxygen atoms in total. The van der Waals surface area contributed by atoms with Crippen LogP contribution >= 0.6 is 0 Å². The average Bonchev–Trinajstić information content (AvgIpc) is 2.39. The Hall–Kier alpha value is -1.46. The molecule has 1 aliphatic rings. The van der Waals surface area contributed by atoms with Gasteiger partial charge in [0.2, 0.25) is 5.91 Å². The number of hydrogen-bond acceptors (Lipinski definition) is 4. The number of aromatic nitrogens is 1. The molecule has 0 aromatic carbocycles. The van der Waals surface area contributed by atoms with Crippen LogP contribution in [0.25, 0.3) is 0 Å². The van der Waals surface area contributed by atoms with Gasteiger partial charge in [-0.05, 0) is 25.6 Å². The van der Waals surface area contributed by atoms with Crippen molar-refractivity contribution in [2.45, 2.75) is 25.6 Å². The number of likely N-dealkylation sites (N-methyl/N-ethyl adjacent to an activating group) is 1. The van der Waals surface area contributed by atoms with Gasteiger partial charge in [-0.3, -0.25) is 14.7 Å². The summed E-state index contributed by atoms with van der Waals surface area (Å²) >= 11 is 0. The third-order valence-corrected chi connectivity index (χ3v) is 3.33. The lowest BCUT2D eigenvalue weighted by atomic mass is 10.1. The Balaban J connectivity index is 2.13. The van der Waals surface area contributed by atoms with Crippen LogP contribution < -0.4 is 10.6 Å². The predicted molar refractivity (Wildman–Crippen MR) is 70.0 cm³/mol. The van der Waals surface area contributed by atoms with Crippen molar-refractivity contribution in [2.24, 2.45) is 0 Å². The number of nitrogens with one attached hydrogen (secondary N) is 2. The molecule has 0 bridgehead atoms. The van der Waals surface area contributed by atoms with Crippen LogP contribution in [-0.2, 0) is 11.3 Å². The Bertz CT molecular complexity index is 395. The van der Waals surface area contributed by atoms with E-state index in [1.165, 1.54) is 0 Å². The summed E-state index contributed by atoms with van der Waals surface area (Å²) in [4.78, 5) is 18.3. The maximum absolute atomic E-state index is 11.9. The molecule has 5 heteroatoms. The second kappa shape index (κ2) is 5.93. The van der Waals surface area contributed by atoms with Crippen molar-refractivity contribution in [3.8, 4) is 0 Å². The first-order valence-corrected chi connectivity index (χ1v) is 6.29. The van der Waals surface area contributed by atoms with E-state index in [9.17, 15) is 4.79 Å². The first-order chi connectivity index (χ1) is 8.72. The molecule has 2 atom stereocenters. The molecule has 2 rings (SSSR count). The Morgan fingerprint density at radius 3 is 3.11 bits per heavy atom. The van der Waals surface area contributed by atoms with E-state index in [2.05, 4.69) is 27.4 Å². The van der Waals surface area contributed by atoms with Gasteiger partial charge in [-0.15, -0.1) is 0 Å². The SMILES string of the molecule is CNCC1C(=O)NCC(C)N1Cc1cccnc1. The van der Waals surface area contributed by atoms with Crippen molar-refractivity contribution in [1.82, 2.24) is 20.5 Å². The summed E-state index contributed by atoms with van der Waals surface area (Å²) in [7, 11) is 1.87. The highest BCUT2D eigenvalue weighted by atomic mass is 16.2. The van der Waals surface area contributed by atoms with Gasteiger partial charge in [-0.25, -0.2) is 0 Å². The average molecular weight is 248 g/mol. The van der Waals surface area contributed by atoms with Crippen LogP contribution in [0, 0.1) is 0 Å². The minimum absolute atomic E-state index is 0.103. The highest BCUT2D eigenvalue weighted by Crippen LogP contribution is 2.14. The first-order valence-electron chi connectivity index (χ1n) is 6.29. The van der Waals surface area contributed by atoms with Crippen LogP contribution in [0.15, 0.2) is 24.5 Å². The summed E-state index contributed by atoms with van der Waals surface area (Å²) < 4.78 is 0. The summed E-state index contributed by atoms with van der Waals surface area (Å²) in [5.41, 5.74) is 1.14. The Morgan fingerprint density at radius 1 is 1.61 bits per heavy atom. The van der Waals surface area contributed by atoms with E-state index in [1.54, 1.807) is 6.20 Å². The molecule has 2 N–H and O–H groups in total. The Labute approximate surface area is 108 Å². The van der Waals surface area contributed by atoms with Crippen LogP contribution in [0.1, 0.15) is 12.5 Å². The molecule has 2 unspecified atom stereocenters. The zero-order valence-corrected chi connectivity index (χ0v) is 10.9. The van der Waals surface area contributed by atoms with Gasteiger partial charge in [-0.2, -0.15) is 0 Å². The van der Waals surface area contributed by atoms with Gasteiger partial charge >= 0.3 is 0 Å². The zero-order valence-electron chi connectivity index (χ0n) is 10.9. The number of nitrogens with zero attached hydrogens (tertiary/aromatic N) is 2. The Kier molecular flexibility index (Phi) is 4.28.